The number of anilines is 1. The Morgan fingerprint density at radius 1 is 1.21 bits per heavy atom. The lowest BCUT2D eigenvalue weighted by Gasteiger charge is -2.26. The Labute approximate surface area is 144 Å². The second-order valence-electron chi connectivity index (χ2n) is 5.90. The molecule has 2 aromatic rings. The predicted octanol–water partition coefficient (Wildman–Crippen LogP) is 3.32. The molecule has 1 atom stereocenters. The first-order chi connectivity index (χ1) is 11.6. The van der Waals surface area contributed by atoms with Crippen molar-refractivity contribution in [2.24, 2.45) is 5.92 Å². The van der Waals surface area contributed by atoms with E-state index in [9.17, 15) is 9.59 Å². The van der Waals surface area contributed by atoms with Gasteiger partial charge in [-0.15, -0.1) is 0 Å². The summed E-state index contributed by atoms with van der Waals surface area (Å²) in [5, 5.41) is 12.6. The summed E-state index contributed by atoms with van der Waals surface area (Å²) in [6.45, 7) is 0.699. The molecule has 2 aromatic carbocycles. The van der Waals surface area contributed by atoms with Crippen LogP contribution >= 0.6 is 11.6 Å². The molecule has 0 saturated carbocycles. The maximum atomic E-state index is 12.4. The second kappa shape index (κ2) is 7.03. The van der Waals surface area contributed by atoms with Crippen molar-refractivity contribution < 1.29 is 14.8 Å². The van der Waals surface area contributed by atoms with Gasteiger partial charge in [-0.05, 0) is 48.2 Å². The molecule has 3 rings (SSSR count). The number of carbonyl (C=O) groups is 2. The van der Waals surface area contributed by atoms with Gasteiger partial charge in [0.1, 0.15) is 0 Å². The minimum absolute atomic E-state index is 0.0528. The number of nitrogens with one attached hydrogen (secondary N) is 2. The number of hydrogen-bond donors (Lipinski definition) is 3. The number of hydrogen-bond acceptors (Lipinski definition) is 4. The number of halogens is 1. The highest BCUT2D eigenvalue weighted by atomic mass is 35.5. The Morgan fingerprint density at radius 2 is 2.04 bits per heavy atom. The van der Waals surface area contributed by atoms with Crippen LogP contribution in [0, 0.1) is 5.92 Å². The Balaban J connectivity index is 1.72. The van der Waals surface area contributed by atoms with Gasteiger partial charge in [0.05, 0.1) is 0 Å². The molecule has 0 aromatic heterocycles. The number of ketones is 1. The molecule has 0 radical (unpaired) electrons. The van der Waals surface area contributed by atoms with Crippen LogP contribution in [-0.4, -0.2) is 23.4 Å². The van der Waals surface area contributed by atoms with Crippen LogP contribution in [-0.2, 0) is 6.42 Å². The smallest absolute Gasteiger partial charge is 0.274 e. The molecule has 124 valence electrons. The van der Waals surface area contributed by atoms with Gasteiger partial charge in [-0.1, -0.05) is 23.7 Å². The van der Waals surface area contributed by atoms with Crippen molar-refractivity contribution in [2.45, 2.75) is 12.8 Å². The summed E-state index contributed by atoms with van der Waals surface area (Å²) in [6, 6.07) is 12.2. The summed E-state index contributed by atoms with van der Waals surface area (Å²) in [7, 11) is 0. The SMILES string of the molecule is O=C(CC1CNc2ccc(C(=O)NO)cc2C1)c1cccc(Cl)c1. The van der Waals surface area contributed by atoms with E-state index in [0.717, 1.165) is 11.3 Å². The lowest BCUT2D eigenvalue weighted by molar-refractivity contribution is 0.0706. The van der Waals surface area contributed by atoms with Crippen LogP contribution in [0.25, 0.3) is 0 Å². The van der Waals surface area contributed by atoms with Crippen LogP contribution in [0.5, 0.6) is 0 Å². The van der Waals surface area contributed by atoms with Crippen molar-refractivity contribution in [1.82, 2.24) is 5.48 Å². The zero-order valence-corrected chi connectivity index (χ0v) is 13.6. The number of carbonyl (C=O) groups excluding carboxylic acids is 2. The molecule has 1 amide bonds. The number of fused-ring (bicyclic) bond motifs is 1. The van der Waals surface area contributed by atoms with E-state index in [2.05, 4.69) is 5.32 Å². The summed E-state index contributed by atoms with van der Waals surface area (Å²) in [6.07, 6.45) is 1.10. The van der Waals surface area contributed by atoms with Crippen molar-refractivity contribution in [1.29, 1.82) is 0 Å². The van der Waals surface area contributed by atoms with Gasteiger partial charge >= 0.3 is 0 Å². The first-order valence-electron chi connectivity index (χ1n) is 7.67. The molecular weight excluding hydrogens is 328 g/mol. The average Bonchev–Trinajstić information content (AvgIpc) is 2.60. The van der Waals surface area contributed by atoms with Crippen molar-refractivity contribution in [2.75, 3.05) is 11.9 Å². The topological polar surface area (TPSA) is 78.4 Å². The Hall–Kier alpha value is -2.37. The van der Waals surface area contributed by atoms with Crippen LogP contribution in [0.15, 0.2) is 42.5 Å². The van der Waals surface area contributed by atoms with Crippen LogP contribution in [0.2, 0.25) is 5.02 Å². The standard InChI is InChI=1S/C18H17ClN2O3/c19-15-3-1-2-12(9-15)17(22)7-11-6-14-8-13(18(23)21-24)4-5-16(14)20-10-11/h1-5,8-9,11,20,24H,6-7,10H2,(H,21,23). The summed E-state index contributed by atoms with van der Waals surface area (Å²) in [4.78, 5) is 23.9. The molecule has 0 saturated heterocycles. The van der Waals surface area contributed by atoms with E-state index in [4.69, 9.17) is 16.8 Å². The fraction of sp³-hybridized carbons (Fsp3) is 0.222. The first-order valence-corrected chi connectivity index (χ1v) is 8.04. The maximum Gasteiger partial charge on any atom is 0.274 e. The van der Waals surface area contributed by atoms with E-state index >= 15 is 0 Å². The van der Waals surface area contributed by atoms with Crippen LogP contribution in [0.1, 0.15) is 32.7 Å². The molecular formula is C18H17ClN2O3. The Morgan fingerprint density at radius 3 is 2.79 bits per heavy atom. The largest absolute Gasteiger partial charge is 0.385 e. The predicted molar refractivity (Wildman–Crippen MR) is 91.8 cm³/mol. The van der Waals surface area contributed by atoms with Crippen molar-refractivity contribution in [3.63, 3.8) is 0 Å². The quantitative estimate of drug-likeness (QED) is 0.451. The van der Waals surface area contributed by atoms with Gasteiger partial charge in [-0.2, -0.15) is 0 Å². The molecule has 24 heavy (non-hydrogen) atoms. The van der Waals surface area contributed by atoms with Gasteiger partial charge in [0.2, 0.25) is 0 Å². The second-order valence-corrected chi connectivity index (χ2v) is 6.34. The molecule has 6 heteroatoms. The highest BCUT2D eigenvalue weighted by molar-refractivity contribution is 6.31. The van der Waals surface area contributed by atoms with Crippen molar-refractivity contribution in [3.05, 3.63) is 64.2 Å². The average molecular weight is 345 g/mol. The fourth-order valence-corrected chi connectivity index (χ4v) is 3.15. The summed E-state index contributed by atoms with van der Waals surface area (Å²) in [5.74, 6) is -0.358. The molecule has 0 spiro atoms. The molecule has 5 nitrogen and oxygen atoms in total. The molecule has 1 aliphatic heterocycles. The number of benzene rings is 2. The molecule has 3 N–H and O–H groups in total. The zero-order valence-electron chi connectivity index (χ0n) is 12.9. The number of hydroxylamine groups is 1. The lowest BCUT2D eigenvalue weighted by Crippen LogP contribution is -2.26. The first kappa shape index (κ1) is 16.5. The van der Waals surface area contributed by atoms with Gasteiger partial charge in [-0.25, -0.2) is 5.48 Å². The number of Topliss-reactive ketones (excluding diaryl/α,β-unsaturated/α-hetero) is 1. The van der Waals surface area contributed by atoms with Crippen molar-refractivity contribution in [3.8, 4) is 0 Å². The van der Waals surface area contributed by atoms with Gasteiger partial charge in [0, 0.05) is 34.8 Å². The molecule has 0 fully saturated rings. The molecule has 1 unspecified atom stereocenters. The minimum Gasteiger partial charge on any atom is -0.385 e. The van der Waals surface area contributed by atoms with Gasteiger partial charge < -0.3 is 5.32 Å². The van der Waals surface area contributed by atoms with E-state index < -0.39 is 5.91 Å². The third-order valence-corrected chi connectivity index (χ3v) is 4.41. The van der Waals surface area contributed by atoms with Crippen LogP contribution in [0.4, 0.5) is 5.69 Å². The fourth-order valence-electron chi connectivity index (χ4n) is 2.96. The number of rotatable bonds is 4. The third-order valence-electron chi connectivity index (χ3n) is 4.18. The molecule has 0 aliphatic carbocycles. The Bertz CT molecular complexity index is 792. The van der Waals surface area contributed by atoms with Gasteiger partial charge in [0.25, 0.3) is 5.91 Å². The van der Waals surface area contributed by atoms with Gasteiger partial charge in [-0.3, -0.25) is 14.8 Å². The summed E-state index contributed by atoms with van der Waals surface area (Å²) < 4.78 is 0. The normalized spacial score (nSPS) is 16.0. The van der Waals surface area contributed by atoms with E-state index in [1.54, 1.807) is 41.9 Å². The monoisotopic (exact) mass is 344 g/mol. The summed E-state index contributed by atoms with van der Waals surface area (Å²) >= 11 is 5.94. The Kier molecular flexibility index (Phi) is 4.83. The van der Waals surface area contributed by atoms with E-state index in [1.807, 2.05) is 6.07 Å². The molecule has 1 aliphatic rings. The zero-order chi connectivity index (χ0) is 17.1. The number of amides is 1. The van der Waals surface area contributed by atoms with Crippen LogP contribution in [0.3, 0.4) is 0 Å². The van der Waals surface area contributed by atoms with Gasteiger partial charge in [0.15, 0.2) is 5.78 Å². The maximum absolute atomic E-state index is 12.4. The third kappa shape index (κ3) is 3.58. The van der Waals surface area contributed by atoms with Crippen molar-refractivity contribution >= 4 is 29.0 Å². The lowest BCUT2D eigenvalue weighted by atomic mass is 9.88. The minimum atomic E-state index is -0.546. The van der Waals surface area contributed by atoms with Crippen LogP contribution < -0.4 is 10.8 Å². The van der Waals surface area contributed by atoms with E-state index in [-0.39, 0.29) is 11.7 Å². The summed E-state index contributed by atoms with van der Waals surface area (Å²) in [5.41, 5.74) is 4.55. The highest BCUT2D eigenvalue weighted by Gasteiger charge is 2.22. The highest BCUT2D eigenvalue weighted by Crippen LogP contribution is 2.28. The molecule has 0 bridgehead atoms. The van der Waals surface area contributed by atoms with E-state index in [1.165, 1.54) is 0 Å². The molecule has 1 heterocycles. The van der Waals surface area contributed by atoms with E-state index in [0.29, 0.717) is 35.5 Å².